The van der Waals surface area contributed by atoms with Gasteiger partial charge in [-0.3, -0.25) is 9.32 Å². The van der Waals surface area contributed by atoms with E-state index in [9.17, 15) is 19.6 Å². The SMILES string of the molecule is CC(=O)N[C@@H]1[C@@H](O)[C@@H](OP(=O)(O)O)O[C@H](C)[C@H]1O. The van der Waals surface area contributed by atoms with Gasteiger partial charge in [-0.15, -0.1) is 0 Å². The number of carbonyl (C=O) groups is 1. The van der Waals surface area contributed by atoms with Gasteiger partial charge in [-0.2, -0.15) is 0 Å². The Balaban J connectivity index is 2.83. The van der Waals surface area contributed by atoms with Crippen LogP contribution >= 0.6 is 7.82 Å². The number of aliphatic hydroxyl groups excluding tert-OH is 2. The van der Waals surface area contributed by atoms with Crippen LogP contribution in [0.2, 0.25) is 0 Å². The molecule has 0 aromatic rings. The van der Waals surface area contributed by atoms with Crippen molar-refractivity contribution in [2.24, 2.45) is 0 Å². The molecule has 1 rings (SSSR count). The van der Waals surface area contributed by atoms with E-state index in [0.717, 1.165) is 0 Å². The van der Waals surface area contributed by atoms with Crippen LogP contribution < -0.4 is 5.32 Å². The fourth-order valence-electron chi connectivity index (χ4n) is 1.66. The molecule has 0 aliphatic carbocycles. The maximum Gasteiger partial charge on any atom is 0.472 e. The number of hydrogen-bond donors (Lipinski definition) is 5. The maximum atomic E-state index is 10.9. The first kappa shape index (κ1) is 15.5. The zero-order valence-corrected chi connectivity index (χ0v) is 10.7. The average Bonchev–Trinajstić information content (AvgIpc) is 2.18. The molecule has 1 fully saturated rings. The number of amides is 1. The molecule has 1 saturated heterocycles. The lowest BCUT2D eigenvalue weighted by atomic mass is 9.97. The van der Waals surface area contributed by atoms with Gasteiger partial charge in [0.1, 0.15) is 12.2 Å². The van der Waals surface area contributed by atoms with Crippen molar-refractivity contribution in [3.63, 3.8) is 0 Å². The normalized spacial score (nSPS) is 37.3. The summed E-state index contributed by atoms with van der Waals surface area (Å²) in [6.07, 6.45) is -5.34. The van der Waals surface area contributed by atoms with Crippen LogP contribution in [0.25, 0.3) is 0 Å². The Morgan fingerprint density at radius 2 is 1.89 bits per heavy atom. The molecule has 0 unspecified atom stereocenters. The molecule has 0 aromatic carbocycles. The highest BCUT2D eigenvalue weighted by atomic mass is 31.2. The largest absolute Gasteiger partial charge is 0.472 e. The lowest BCUT2D eigenvalue weighted by molar-refractivity contribution is -0.244. The van der Waals surface area contributed by atoms with Crippen LogP contribution in [0.1, 0.15) is 13.8 Å². The van der Waals surface area contributed by atoms with E-state index in [-0.39, 0.29) is 0 Å². The molecule has 1 heterocycles. The van der Waals surface area contributed by atoms with Gasteiger partial charge in [-0.05, 0) is 6.92 Å². The third-order valence-electron chi connectivity index (χ3n) is 2.46. The average molecular weight is 285 g/mol. The Bertz CT molecular complexity index is 357. The van der Waals surface area contributed by atoms with Gasteiger partial charge in [-0.25, -0.2) is 4.57 Å². The monoisotopic (exact) mass is 285 g/mol. The summed E-state index contributed by atoms with van der Waals surface area (Å²) < 4.78 is 19.9. The highest BCUT2D eigenvalue weighted by Gasteiger charge is 2.45. The molecule has 0 radical (unpaired) electrons. The summed E-state index contributed by atoms with van der Waals surface area (Å²) >= 11 is 0. The van der Waals surface area contributed by atoms with Gasteiger partial charge in [0.2, 0.25) is 5.91 Å². The maximum absolute atomic E-state index is 10.9. The van der Waals surface area contributed by atoms with Gasteiger partial charge in [0.25, 0.3) is 0 Å². The van der Waals surface area contributed by atoms with Crippen molar-refractivity contribution >= 4 is 13.7 Å². The number of rotatable bonds is 3. The van der Waals surface area contributed by atoms with E-state index >= 15 is 0 Å². The lowest BCUT2D eigenvalue weighted by Crippen LogP contribution is -2.63. The molecule has 18 heavy (non-hydrogen) atoms. The minimum absolute atomic E-state index is 0.512. The molecule has 5 N–H and O–H groups in total. The molecule has 1 aliphatic rings. The smallest absolute Gasteiger partial charge is 0.388 e. The predicted molar refractivity (Wildman–Crippen MR) is 57.1 cm³/mol. The molecule has 1 aliphatic heterocycles. The zero-order valence-electron chi connectivity index (χ0n) is 9.76. The molecule has 0 bridgehead atoms. The molecular formula is C8H16NO8P. The van der Waals surface area contributed by atoms with Gasteiger partial charge >= 0.3 is 7.82 Å². The Morgan fingerprint density at radius 1 is 1.33 bits per heavy atom. The van der Waals surface area contributed by atoms with Crippen molar-refractivity contribution < 1.29 is 38.6 Å². The van der Waals surface area contributed by atoms with Crippen LogP contribution in [0.3, 0.4) is 0 Å². The van der Waals surface area contributed by atoms with E-state index in [1.807, 2.05) is 0 Å². The van der Waals surface area contributed by atoms with Crippen molar-refractivity contribution in [3.05, 3.63) is 0 Å². The lowest BCUT2D eigenvalue weighted by Gasteiger charge is -2.41. The number of phosphoric acid groups is 1. The van der Waals surface area contributed by atoms with Gasteiger partial charge < -0.3 is 30.1 Å². The second-order valence-corrected chi connectivity index (χ2v) is 5.21. The summed E-state index contributed by atoms with van der Waals surface area (Å²) in [6, 6.07) is -1.14. The Labute approximate surface area is 103 Å². The minimum atomic E-state index is -4.86. The molecule has 1 amide bonds. The molecule has 10 heteroatoms. The number of nitrogens with one attached hydrogen (secondary N) is 1. The van der Waals surface area contributed by atoms with Crippen molar-refractivity contribution in [1.29, 1.82) is 0 Å². The van der Waals surface area contributed by atoms with Gasteiger partial charge in [0.15, 0.2) is 6.29 Å². The van der Waals surface area contributed by atoms with Crippen LogP contribution in [-0.2, 0) is 18.6 Å². The van der Waals surface area contributed by atoms with E-state index in [2.05, 4.69) is 9.84 Å². The second-order valence-electron chi connectivity index (χ2n) is 4.01. The summed E-state index contributed by atoms with van der Waals surface area (Å²) in [7, 11) is -4.86. The number of ether oxygens (including phenoxy) is 1. The van der Waals surface area contributed by atoms with Crippen molar-refractivity contribution in [2.45, 2.75) is 44.5 Å². The molecule has 5 atom stereocenters. The van der Waals surface area contributed by atoms with Crippen LogP contribution in [0.15, 0.2) is 0 Å². The van der Waals surface area contributed by atoms with E-state index < -0.39 is 44.4 Å². The quantitative estimate of drug-likeness (QED) is 0.377. The van der Waals surface area contributed by atoms with Crippen LogP contribution in [0.4, 0.5) is 0 Å². The van der Waals surface area contributed by atoms with Crippen molar-refractivity contribution in [2.75, 3.05) is 0 Å². The first-order valence-corrected chi connectivity index (χ1v) is 6.67. The van der Waals surface area contributed by atoms with Gasteiger partial charge in [-0.1, -0.05) is 0 Å². The molecule has 9 nitrogen and oxygen atoms in total. The van der Waals surface area contributed by atoms with Gasteiger partial charge in [0, 0.05) is 6.92 Å². The first-order valence-electron chi connectivity index (χ1n) is 5.14. The third-order valence-corrected chi connectivity index (χ3v) is 2.94. The van der Waals surface area contributed by atoms with Crippen LogP contribution in [0.5, 0.6) is 0 Å². The predicted octanol–water partition coefficient (Wildman–Crippen LogP) is -1.93. The minimum Gasteiger partial charge on any atom is -0.388 e. The zero-order chi connectivity index (χ0) is 14.1. The molecular weight excluding hydrogens is 269 g/mol. The summed E-state index contributed by atoms with van der Waals surface area (Å²) in [5.41, 5.74) is 0. The molecule has 0 saturated carbocycles. The van der Waals surface area contributed by atoms with E-state index in [4.69, 9.17) is 14.5 Å². The van der Waals surface area contributed by atoms with E-state index in [0.29, 0.717) is 0 Å². The summed E-state index contributed by atoms with van der Waals surface area (Å²) in [5, 5.41) is 21.8. The third kappa shape index (κ3) is 3.99. The van der Waals surface area contributed by atoms with Crippen molar-refractivity contribution in [3.8, 4) is 0 Å². The Kier molecular flexibility index (Phi) is 4.84. The Hall–Kier alpha value is -0.540. The highest BCUT2D eigenvalue weighted by Crippen LogP contribution is 2.40. The standard InChI is InChI=1S/C8H16NO8P/c1-3-6(11)5(9-4(2)10)7(12)8(16-3)17-18(13,14)15/h3,5-8,11-12H,1-2H3,(H,9,10)(H2,13,14,15)/t3-,5+,6-,7-,8-/m1/s1. The van der Waals surface area contributed by atoms with Gasteiger partial charge in [0.05, 0.1) is 12.1 Å². The number of carbonyl (C=O) groups excluding carboxylic acids is 1. The van der Waals surface area contributed by atoms with Crippen LogP contribution in [-0.4, -0.2) is 56.6 Å². The topological polar surface area (TPSA) is 146 Å². The molecule has 106 valence electrons. The first-order chi connectivity index (χ1) is 8.11. The van der Waals surface area contributed by atoms with Crippen molar-refractivity contribution in [1.82, 2.24) is 5.32 Å². The van der Waals surface area contributed by atoms with E-state index in [1.54, 1.807) is 0 Å². The fraction of sp³-hybridized carbons (Fsp3) is 0.875. The fourth-order valence-corrected chi connectivity index (χ4v) is 2.11. The van der Waals surface area contributed by atoms with Crippen LogP contribution in [0, 0.1) is 0 Å². The highest BCUT2D eigenvalue weighted by molar-refractivity contribution is 7.46. The van der Waals surface area contributed by atoms with E-state index in [1.165, 1.54) is 13.8 Å². The summed E-state index contributed by atoms with van der Waals surface area (Å²) in [6.45, 7) is 2.60. The molecule has 0 aromatic heterocycles. The molecule has 0 spiro atoms. The number of phosphoric ester groups is 1. The second kappa shape index (κ2) is 5.62. The number of hydrogen-bond acceptors (Lipinski definition) is 6. The summed E-state index contributed by atoms with van der Waals surface area (Å²) in [5.74, 6) is -0.512. The Morgan fingerprint density at radius 3 is 2.33 bits per heavy atom. The number of aliphatic hydroxyl groups is 2. The summed E-state index contributed by atoms with van der Waals surface area (Å²) in [4.78, 5) is 28.2.